The van der Waals surface area contributed by atoms with Gasteiger partial charge in [-0.3, -0.25) is 0 Å². The summed E-state index contributed by atoms with van der Waals surface area (Å²) in [5.41, 5.74) is 1.23. The van der Waals surface area contributed by atoms with Gasteiger partial charge in [-0.2, -0.15) is 5.21 Å². The van der Waals surface area contributed by atoms with Crippen LogP contribution in [0.2, 0.25) is 5.02 Å². The Morgan fingerprint density at radius 3 is 2.72 bits per heavy atom. The van der Waals surface area contributed by atoms with E-state index in [-0.39, 0.29) is 6.04 Å². The molecule has 1 heterocycles. The topological polar surface area (TPSA) is 66.5 Å². The summed E-state index contributed by atoms with van der Waals surface area (Å²) in [6.45, 7) is 2.77. The van der Waals surface area contributed by atoms with Gasteiger partial charge in [-0.05, 0) is 24.1 Å². The maximum atomic E-state index is 5.90. The number of aromatic nitrogens is 4. The van der Waals surface area contributed by atoms with Gasteiger partial charge in [-0.15, -0.1) is 10.2 Å². The molecule has 2 aromatic rings. The number of benzene rings is 1. The predicted octanol–water partition coefficient (Wildman–Crippen LogP) is 2.48. The van der Waals surface area contributed by atoms with Gasteiger partial charge in [-0.25, -0.2) is 0 Å². The van der Waals surface area contributed by atoms with Crippen LogP contribution >= 0.6 is 11.6 Å². The summed E-state index contributed by atoms with van der Waals surface area (Å²) in [6.07, 6.45) is 2.16. The fraction of sp³-hybridized carbons (Fsp3) is 0.417. The van der Waals surface area contributed by atoms with Crippen molar-refractivity contribution in [2.45, 2.75) is 32.4 Å². The molecular weight excluding hydrogens is 250 g/mol. The fourth-order valence-corrected chi connectivity index (χ4v) is 1.97. The number of halogens is 1. The summed E-state index contributed by atoms with van der Waals surface area (Å²) in [5, 5.41) is 18.0. The van der Waals surface area contributed by atoms with Gasteiger partial charge >= 0.3 is 0 Å². The van der Waals surface area contributed by atoms with Gasteiger partial charge in [0.1, 0.15) is 0 Å². The van der Waals surface area contributed by atoms with Gasteiger partial charge in [0, 0.05) is 11.1 Å². The fourth-order valence-electron chi connectivity index (χ4n) is 1.84. The number of hydrogen-bond acceptors (Lipinski definition) is 4. The first-order valence-electron chi connectivity index (χ1n) is 6.00. The zero-order valence-corrected chi connectivity index (χ0v) is 11.0. The lowest BCUT2D eigenvalue weighted by Crippen LogP contribution is -2.21. The second kappa shape index (κ2) is 6.47. The SMILES string of the molecule is CCCC(NCc1nn[nH]n1)c1ccc(Cl)cc1. The Kier molecular flexibility index (Phi) is 4.66. The van der Waals surface area contributed by atoms with Gasteiger partial charge in [-0.1, -0.05) is 42.3 Å². The van der Waals surface area contributed by atoms with E-state index in [9.17, 15) is 0 Å². The van der Waals surface area contributed by atoms with Gasteiger partial charge in [0.25, 0.3) is 0 Å². The first-order chi connectivity index (χ1) is 8.79. The number of rotatable bonds is 6. The van der Waals surface area contributed by atoms with E-state index < -0.39 is 0 Å². The lowest BCUT2D eigenvalue weighted by atomic mass is 10.0. The number of nitrogens with one attached hydrogen (secondary N) is 2. The largest absolute Gasteiger partial charge is 0.303 e. The van der Waals surface area contributed by atoms with Crippen molar-refractivity contribution in [2.75, 3.05) is 0 Å². The molecule has 0 fully saturated rings. The molecule has 2 N–H and O–H groups in total. The lowest BCUT2D eigenvalue weighted by molar-refractivity contribution is 0.485. The normalized spacial score (nSPS) is 12.6. The molecule has 1 atom stereocenters. The standard InChI is InChI=1S/C12H16ClN5/c1-2-3-11(9-4-6-10(13)7-5-9)14-8-12-15-17-18-16-12/h4-7,11,14H,2-3,8H2,1H3,(H,15,16,17,18). The van der Waals surface area contributed by atoms with Crippen LogP contribution in [0.25, 0.3) is 0 Å². The van der Waals surface area contributed by atoms with E-state index >= 15 is 0 Å². The van der Waals surface area contributed by atoms with Crippen LogP contribution in [0.3, 0.4) is 0 Å². The molecule has 18 heavy (non-hydrogen) atoms. The molecule has 0 spiro atoms. The van der Waals surface area contributed by atoms with E-state index in [4.69, 9.17) is 11.6 Å². The van der Waals surface area contributed by atoms with Crippen LogP contribution < -0.4 is 5.32 Å². The van der Waals surface area contributed by atoms with Crippen LogP contribution in [0.5, 0.6) is 0 Å². The zero-order valence-electron chi connectivity index (χ0n) is 10.2. The van der Waals surface area contributed by atoms with E-state index in [1.54, 1.807) is 0 Å². The quantitative estimate of drug-likeness (QED) is 0.842. The monoisotopic (exact) mass is 265 g/mol. The van der Waals surface area contributed by atoms with Crippen LogP contribution in [0.1, 0.15) is 37.2 Å². The Morgan fingerprint density at radius 1 is 1.33 bits per heavy atom. The minimum Gasteiger partial charge on any atom is -0.303 e. The first kappa shape index (κ1) is 13.0. The smallest absolute Gasteiger partial charge is 0.188 e. The number of H-pyrrole nitrogens is 1. The van der Waals surface area contributed by atoms with E-state index in [0.717, 1.165) is 17.9 Å². The summed E-state index contributed by atoms with van der Waals surface area (Å²) in [5.74, 6) is 0.671. The average Bonchev–Trinajstić information content (AvgIpc) is 2.89. The van der Waals surface area contributed by atoms with E-state index in [1.165, 1.54) is 5.56 Å². The van der Waals surface area contributed by atoms with Crippen LogP contribution in [0.15, 0.2) is 24.3 Å². The highest BCUT2D eigenvalue weighted by atomic mass is 35.5. The molecule has 0 aliphatic heterocycles. The summed E-state index contributed by atoms with van der Waals surface area (Å²) < 4.78 is 0. The van der Waals surface area contributed by atoms with Gasteiger partial charge in [0.05, 0.1) is 6.54 Å². The predicted molar refractivity (Wildman–Crippen MR) is 70.1 cm³/mol. The molecule has 96 valence electrons. The van der Waals surface area contributed by atoms with Crippen molar-refractivity contribution in [2.24, 2.45) is 0 Å². The van der Waals surface area contributed by atoms with E-state index in [1.807, 2.05) is 24.3 Å². The zero-order chi connectivity index (χ0) is 12.8. The summed E-state index contributed by atoms with van der Waals surface area (Å²) in [4.78, 5) is 0. The van der Waals surface area contributed by atoms with Crippen LogP contribution in [0.4, 0.5) is 0 Å². The molecule has 1 aromatic heterocycles. The van der Waals surface area contributed by atoms with Crippen molar-refractivity contribution in [1.29, 1.82) is 0 Å². The third kappa shape index (κ3) is 3.51. The van der Waals surface area contributed by atoms with Crippen molar-refractivity contribution in [3.63, 3.8) is 0 Å². The number of aromatic amines is 1. The average molecular weight is 266 g/mol. The Morgan fingerprint density at radius 2 is 2.11 bits per heavy atom. The summed E-state index contributed by atoms with van der Waals surface area (Å²) in [6, 6.07) is 8.20. The Balaban J connectivity index is 2.01. The van der Waals surface area contributed by atoms with Gasteiger partial charge in [0.2, 0.25) is 0 Å². The molecule has 0 radical (unpaired) electrons. The van der Waals surface area contributed by atoms with Gasteiger partial charge < -0.3 is 5.32 Å². The lowest BCUT2D eigenvalue weighted by Gasteiger charge is -2.17. The van der Waals surface area contributed by atoms with Crippen molar-refractivity contribution < 1.29 is 0 Å². The second-order valence-electron chi connectivity index (χ2n) is 4.10. The Hall–Kier alpha value is -1.46. The molecule has 0 aliphatic carbocycles. The highest BCUT2D eigenvalue weighted by Gasteiger charge is 2.11. The molecule has 0 aliphatic rings. The molecule has 0 saturated carbocycles. The number of tetrazole rings is 1. The second-order valence-corrected chi connectivity index (χ2v) is 4.54. The maximum Gasteiger partial charge on any atom is 0.188 e. The molecule has 1 unspecified atom stereocenters. The third-order valence-corrected chi connectivity index (χ3v) is 3.00. The van der Waals surface area contributed by atoms with E-state index in [0.29, 0.717) is 12.4 Å². The van der Waals surface area contributed by atoms with E-state index in [2.05, 4.69) is 32.9 Å². The molecule has 0 amide bonds. The Bertz CT molecular complexity index is 454. The van der Waals surface area contributed by atoms with Gasteiger partial charge in [0.15, 0.2) is 5.82 Å². The molecule has 0 saturated heterocycles. The molecule has 2 rings (SSSR count). The summed E-state index contributed by atoms with van der Waals surface area (Å²) in [7, 11) is 0. The number of nitrogens with zero attached hydrogens (tertiary/aromatic N) is 3. The van der Waals surface area contributed by atoms with Crippen molar-refractivity contribution in [3.8, 4) is 0 Å². The molecule has 5 nitrogen and oxygen atoms in total. The molecule has 0 bridgehead atoms. The maximum absolute atomic E-state index is 5.90. The third-order valence-electron chi connectivity index (χ3n) is 2.75. The Labute approximate surface area is 111 Å². The van der Waals surface area contributed by atoms with Crippen molar-refractivity contribution in [1.82, 2.24) is 25.9 Å². The van der Waals surface area contributed by atoms with Crippen molar-refractivity contribution >= 4 is 11.6 Å². The minimum absolute atomic E-state index is 0.283. The summed E-state index contributed by atoms with van der Waals surface area (Å²) >= 11 is 5.90. The highest BCUT2D eigenvalue weighted by molar-refractivity contribution is 6.30. The van der Waals surface area contributed by atoms with Crippen molar-refractivity contribution in [3.05, 3.63) is 40.7 Å². The molecule has 6 heteroatoms. The number of hydrogen-bond donors (Lipinski definition) is 2. The van der Waals surface area contributed by atoms with Crippen LogP contribution in [-0.2, 0) is 6.54 Å². The minimum atomic E-state index is 0.283. The van der Waals surface area contributed by atoms with Crippen LogP contribution in [-0.4, -0.2) is 20.6 Å². The molecule has 1 aromatic carbocycles. The van der Waals surface area contributed by atoms with Crippen LogP contribution in [0, 0.1) is 0 Å². The highest BCUT2D eigenvalue weighted by Crippen LogP contribution is 2.20. The molecular formula is C12H16ClN5. The first-order valence-corrected chi connectivity index (χ1v) is 6.38.